The Bertz CT molecular complexity index is 768. The van der Waals surface area contributed by atoms with E-state index in [9.17, 15) is 5.11 Å². The summed E-state index contributed by atoms with van der Waals surface area (Å²) in [5.41, 5.74) is 1.04. The highest BCUT2D eigenvalue weighted by Crippen LogP contribution is 2.09. The van der Waals surface area contributed by atoms with Crippen LogP contribution in [0.5, 0.6) is 0 Å². The smallest absolute Gasteiger partial charge is 0.191 e. The fourth-order valence-electron chi connectivity index (χ4n) is 3.24. The number of nitrogens with one attached hydrogen (secondary N) is 2. The normalized spacial score (nSPS) is 17.7. The minimum atomic E-state index is -0.859. The highest BCUT2D eigenvalue weighted by Gasteiger charge is 2.25. The van der Waals surface area contributed by atoms with E-state index >= 15 is 0 Å². The van der Waals surface area contributed by atoms with Gasteiger partial charge >= 0.3 is 0 Å². The van der Waals surface area contributed by atoms with Crippen LogP contribution in [0.1, 0.15) is 19.5 Å². The highest BCUT2D eigenvalue weighted by molar-refractivity contribution is 5.79. The third-order valence-corrected chi connectivity index (χ3v) is 4.71. The molecule has 2 heterocycles. The minimum absolute atomic E-state index is 0.411. The number of aliphatic hydroxyl groups is 1. The molecule has 29 heavy (non-hydrogen) atoms. The predicted octanol–water partition coefficient (Wildman–Crippen LogP) is 1.01. The standard InChI is InChI=1S/C21H32N6O2/c1-3-22-20(24-16-21(2,28)17-26-11-13-29-14-12-26)23-15-18-9-10-27(25-18)19-7-5-4-6-8-19/h4-10,28H,3,11-17H2,1-2H3,(H2,22,23,24). The fraction of sp³-hybridized carbons (Fsp3) is 0.524. The van der Waals surface area contributed by atoms with Gasteiger partial charge in [0.2, 0.25) is 0 Å². The molecule has 2 aromatic rings. The predicted molar refractivity (Wildman–Crippen MR) is 114 cm³/mol. The Kier molecular flexibility index (Phi) is 7.62. The molecule has 1 atom stereocenters. The molecule has 3 N–H and O–H groups in total. The summed E-state index contributed by atoms with van der Waals surface area (Å²) in [5.74, 6) is 0.670. The topological polar surface area (TPSA) is 86.9 Å². The van der Waals surface area contributed by atoms with Crippen molar-refractivity contribution in [2.24, 2.45) is 4.99 Å². The molecule has 158 valence electrons. The summed E-state index contributed by atoms with van der Waals surface area (Å²) in [6, 6.07) is 12.0. The summed E-state index contributed by atoms with van der Waals surface area (Å²) in [6.07, 6.45) is 1.94. The van der Waals surface area contributed by atoms with Crippen LogP contribution >= 0.6 is 0 Å². The first kappa shape index (κ1) is 21.3. The van der Waals surface area contributed by atoms with Crippen molar-refractivity contribution < 1.29 is 9.84 Å². The number of morpholine rings is 1. The van der Waals surface area contributed by atoms with Crippen molar-refractivity contribution in [1.29, 1.82) is 0 Å². The SMILES string of the molecule is CCNC(=NCc1ccn(-c2ccccc2)n1)NCC(C)(O)CN1CCOCC1. The molecule has 0 aliphatic carbocycles. The van der Waals surface area contributed by atoms with Crippen LogP contribution in [-0.2, 0) is 11.3 Å². The van der Waals surface area contributed by atoms with Crippen LogP contribution in [0.4, 0.5) is 0 Å². The van der Waals surface area contributed by atoms with Crippen molar-refractivity contribution in [3.8, 4) is 5.69 Å². The lowest BCUT2D eigenvalue weighted by Crippen LogP contribution is -2.52. The monoisotopic (exact) mass is 400 g/mol. The summed E-state index contributed by atoms with van der Waals surface area (Å²) in [7, 11) is 0. The molecule has 1 fully saturated rings. The van der Waals surface area contributed by atoms with Gasteiger partial charge in [0.05, 0.1) is 36.7 Å². The zero-order valence-electron chi connectivity index (χ0n) is 17.3. The van der Waals surface area contributed by atoms with E-state index in [4.69, 9.17) is 4.74 Å². The van der Waals surface area contributed by atoms with Crippen molar-refractivity contribution in [3.63, 3.8) is 0 Å². The first-order valence-electron chi connectivity index (χ1n) is 10.2. The van der Waals surface area contributed by atoms with Crippen molar-refractivity contribution in [2.75, 3.05) is 45.9 Å². The number of aliphatic imine (C=N–C) groups is 1. The van der Waals surface area contributed by atoms with E-state index in [0.29, 0.717) is 25.6 Å². The largest absolute Gasteiger partial charge is 0.387 e. The molecule has 1 aliphatic rings. The van der Waals surface area contributed by atoms with E-state index in [0.717, 1.165) is 44.2 Å². The fourth-order valence-corrected chi connectivity index (χ4v) is 3.24. The molecule has 0 saturated carbocycles. The molecule has 1 aliphatic heterocycles. The summed E-state index contributed by atoms with van der Waals surface area (Å²) >= 11 is 0. The Morgan fingerprint density at radius 2 is 1.97 bits per heavy atom. The van der Waals surface area contributed by atoms with Crippen LogP contribution in [-0.4, -0.2) is 77.3 Å². The van der Waals surface area contributed by atoms with Crippen molar-refractivity contribution in [2.45, 2.75) is 26.0 Å². The zero-order valence-corrected chi connectivity index (χ0v) is 17.3. The second-order valence-electron chi connectivity index (χ2n) is 7.52. The molecule has 0 radical (unpaired) electrons. The van der Waals surface area contributed by atoms with Gasteiger partial charge in [-0.3, -0.25) is 4.90 Å². The number of aromatic nitrogens is 2. The number of hydrogen-bond acceptors (Lipinski definition) is 5. The molecule has 3 rings (SSSR count). The van der Waals surface area contributed by atoms with E-state index in [-0.39, 0.29) is 0 Å². The summed E-state index contributed by atoms with van der Waals surface area (Å²) < 4.78 is 7.22. The summed E-state index contributed by atoms with van der Waals surface area (Å²) in [6.45, 7) is 9.25. The number of benzene rings is 1. The quantitative estimate of drug-likeness (QED) is 0.453. The van der Waals surface area contributed by atoms with Crippen LogP contribution in [0.3, 0.4) is 0 Å². The van der Waals surface area contributed by atoms with Gasteiger partial charge in [-0.1, -0.05) is 18.2 Å². The highest BCUT2D eigenvalue weighted by atomic mass is 16.5. The van der Waals surface area contributed by atoms with Crippen LogP contribution in [0.2, 0.25) is 0 Å². The van der Waals surface area contributed by atoms with E-state index in [2.05, 4.69) is 25.6 Å². The van der Waals surface area contributed by atoms with Gasteiger partial charge in [0.15, 0.2) is 5.96 Å². The van der Waals surface area contributed by atoms with E-state index in [1.165, 1.54) is 0 Å². The lowest BCUT2D eigenvalue weighted by atomic mass is 10.1. The number of guanidine groups is 1. The zero-order chi connectivity index (χ0) is 20.5. The van der Waals surface area contributed by atoms with Gasteiger partial charge in [-0.2, -0.15) is 5.10 Å². The van der Waals surface area contributed by atoms with E-state index in [1.807, 2.05) is 61.1 Å². The second-order valence-corrected chi connectivity index (χ2v) is 7.52. The molecule has 0 amide bonds. The average Bonchev–Trinajstić information content (AvgIpc) is 3.20. The van der Waals surface area contributed by atoms with Gasteiger partial charge < -0.3 is 20.5 Å². The van der Waals surface area contributed by atoms with Crippen LogP contribution in [0.15, 0.2) is 47.6 Å². The minimum Gasteiger partial charge on any atom is -0.387 e. The van der Waals surface area contributed by atoms with Gasteiger partial charge in [-0.15, -0.1) is 0 Å². The number of rotatable bonds is 8. The summed E-state index contributed by atoms with van der Waals surface area (Å²) in [4.78, 5) is 6.84. The van der Waals surface area contributed by atoms with Gasteiger partial charge in [-0.25, -0.2) is 9.67 Å². The number of β-amino-alcohol motifs (C(OH)–C–C–N with tert-alkyl or cyclic N) is 1. The molecule has 1 aromatic heterocycles. The van der Waals surface area contributed by atoms with Crippen LogP contribution < -0.4 is 10.6 Å². The molecule has 8 heteroatoms. The van der Waals surface area contributed by atoms with Gasteiger partial charge in [0.1, 0.15) is 0 Å². The maximum Gasteiger partial charge on any atom is 0.191 e. The summed E-state index contributed by atoms with van der Waals surface area (Å²) in [5, 5.41) is 21.8. The maximum absolute atomic E-state index is 10.8. The molecule has 0 bridgehead atoms. The number of ether oxygens (including phenoxy) is 1. The first-order chi connectivity index (χ1) is 14.1. The molecule has 8 nitrogen and oxygen atoms in total. The van der Waals surface area contributed by atoms with Crippen LogP contribution in [0, 0.1) is 0 Å². The van der Waals surface area contributed by atoms with Crippen molar-refractivity contribution in [1.82, 2.24) is 25.3 Å². The van der Waals surface area contributed by atoms with Gasteiger partial charge in [0.25, 0.3) is 0 Å². The van der Waals surface area contributed by atoms with E-state index in [1.54, 1.807) is 0 Å². The maximum atomic E-state index is 10.8. The second kappa shape index (κ2) is 10.4. The third kappa shape index (κ3) is 6.85. The molecular formula is C21H32N6O2. The van der Waals surface area contributed by atoms with Gasteiger partial charge in [0, 0.05) is 38.9 Å². The lowest BCUT2D eigenvalue weighted by molar-refractivity contribution is -0.0201. The molecular weight excluding hydrogens is 368 g/mol. The van der Waals surface area contributed by atoms with E-state index < -0.39 is 5.60 Å². The Hall–Kier alpha value is -2.42. The molecule has 1 saturated heterocycles. The Balaban J connectivity index is 1.54. The number of hydrogen-bond donors (Lipinski definition) is 3. The Morgan fingerprint density at radius 3 is 2.69 bits per heavy atom. The average molecular weight is 401 g/mol. The molecule has 0 spiro atoms. The Morgan fingerprint density at radius 1 is 1.21 bits per heavy atom. The van der Waals surface area contributed by atoms with Crippen molar-refractivity contribution in [3.05, 3.63) is 48.3 Å². The van der Waals surface area contributed by atoms with Gasteiger partial charge in [-0.05, 0) is 32.0 Å². The molecule has 1 aromatic carbocycles. The number of para-hydroxylation sites is 1. The number of nitrogens with zero attached hydrogens (tertiary/aromatic N) is 4. The van der Waals surface area contributed by atoms with Crippen LogP contribution in [0.25, 0.3) is 5.69 Å². The Labute approximate surface area is 172 Å². The molecule has 1 unspecified atom stereocenters. The lowest BCUT2D eigenvalue weighted by Gasteiger charge is -2.34. The third-order valence-electron chi connectivity index (χ3n) is 4.71. The van der Waals surface area contributed by atoms with Crippen molar-refractivity contribution >= 4 is 5.96 Å². The first-order valence-corrected chi connectivity index (χ1v) is 10.2.